The van der Waals surface area contributed by atoms with Crippen LogP contribution in [0.1, 0.15) is 23.5 Å². The number of nitrogens with one attached hydrogen (secondary N) is 1. The molecule has 0 spiro atoms. The number of hydrogen-bond donors (Lipinski definition) is 1. The quantitative estimate of drug-likeness (QED) is 0.764. The van der Waals surface area contributed by atoms with Crippen molar-refractivity contribution in [3.8, 4) is 11.4 Å². The SMILES string of the molecule is Cc1ccc(NC(=O)[C@@H]2C[C@@H]2c2ccccc2)cc1-c1ncc(F)cn1. The summed E-state index contributed by atoms with van der Waals surface area (Å²) in [5, 5.41) is 2.98. The van der Waals surface area contributed by atoms with Gasteiger partial charge in [-0.15, -0.1) is 0 Å². The molecule has 1 aliphatic carbocycles. The lowest BCUT2D eigenvalue weighted by Gasteiger charge is -2.09. The summed E-state index contributed by atoms with van der Waals surface area (Å²) in [4.78, 5) is 20.6. The average Bonchev–Trinajstić information content (AvgIpc) is 3.46. The molecule has 3 aromatic rings. The molecule has 130 valence electrons. The molecular weight excluding hydrogens is 329 g/mol. The molecule has 5 heteroatoms. The van der Waals surface area contributed by atoms with E-state index in [-0.39, 0.29) is 11.8 Å². The van der Waals surface area contributed by atoms with Gasteiger partial charge in [0.1, 0.15) is 0 Å². The Balaban J connectivity index is 1.50. The summed E-state index contributed by atoms with van der Waals surface area (Å²) in [5.41, 5.74) is 3.64. The van der Waals surface area contributed by atoms with Gasteiger partial charge in [-0.05, 0) is 42.5 Å². The number of rotatable bonds is 4. The third-order valence-electron chi connectivity index (χ3n) is 4.72. The summed E-state index contributed by atoms with van der Waals surface area (Å²) in [7, 11) is 0. The van der Waals surface area contributed by atoms with E-state index in [0.717, 1.165) is 29.9 Å². The van der Waals surface area contributed by atoms with Crippen LogP contribution in [0.5, 0.6) is 0 Å². The third-order valence-corrected chi connectivity index (χ3v) is 4.72. The normalized spacial score (nSPS) is 18.4. The Morgan fingerprint density at radius 3 is 2.58 bits per heavy atom. The first-order chi connectivity index (χ1) is 12.6. The highest BCUT2D eigenvalue weighted by atomic mass is 19.1. The molecule has 1 fully saturated rings. The average molecular weight is 347 g/mol. The number of halogens is 1. The lowest BCUT2D eigenvalue weighted by Crippen LogP contribution is -2.14. The first-order valence-corrected chi connectivity index (χ1v) is 8.56. The van der Waals surface area contributed by atoms with Crippen LogP contribution < -0.4 is 5.32 Å². The smallest absolute Gasteiger partial charge is 0.228 e. The van der Waals surface area contributed by atoms with Gasteiger partial charge in [0.15, 0.2) is 11.6 Å². The number of carbonyl (C=O) groups excluding carboxylic acids is 1. The van der Waals surface area contributed by atoms with Crippen molar-refractivity contribution in [1.29, 1.82) is 0 Å². The van der Waals surface area contributed by atoms with Crippen molar-refractivity contribution >= 4 is 11.6 Å². The summed E-state index contributed by atoms with van der Waals surface area (Å²) >= 11 is 0. The van der Waals surface area contributed by atoms with Crippen LogP contribution in [0.3, 0.4) is 0 Å². The molecule has 1 amide bonds. The minimum absolute atomic E-state index is 0.00391. The monoisotopic (exact) mass is 347 g/mol. The molecule has 2 aromatic carbocycles. The van der Waals surface area contributed by atoms with Crippen LogP contribution in [0.4, 0.5) is 10.1 Å². The molecule has 1 aliphatic rings. The largest absolute Gasteiger partial charge is 0.326 e. The van der Waals surface area contributed by atoms with Gasteiger partial charge in [-0.25, -0.2) is 14.4 Å². The molecular formula is C21H18FN3O. The zero-order chi connectivity index (χ0) is 18.1. The summed E-state index contributed by atoms with van der Waals surface area (Å²) in [6.45, 7) is 1.93. The maximum Gasteiger partial charge on any atom is 0.228 e. The van der Waals surface area contributed by atoms with Crippen molar-refractivity contribution in [3.05, 3.63) is 77.9 Å². The first-order valence-electron chi connectivity index (χ1n) is 8.56. The Bertz CT molecular complexity index is 941. The van der Waals surface area contributed by atoms with E-state index in [4.69, 9.17) is 0 Å². The lowest BCUT2D eigenvalue weighted by atomic mass is 10.1. The van der Waals surface area contributed by atoms with Crippen LogP contribution in [0.2, 0.25) is 0 Å². The summed E-state index contributed by atoms with van der Waals surface area (Å²) in [6, 6.07) is 15.7. The number of nitrogens with zero attached hydrogens (tertiary/aromatic N) is 2. The van der Waals surface area contributed by atoms with E-state index in [1.807, 2.05) is 43.3 Å². The Labute approximate surface area is 151 Å². The van der Waals surface area contributed by atoms with E-state index in [2.05, 4.69) is 27.4 Å². The number of amides is 1. The van der Waals surface area contributed by atoms with Crippen LogP contribution in [0, 0.1) is 18.7 Å². The van der Waals surface area contributed by atoms with Gasteiger partial charge in [0, 0.05) is 17.2 Å². The summed E-state index contributed by atoms with van der Waals surface area (Å²) in [5.74, 6) is 0.282. The van der Waals surface area contributed by atoms with Gasteiger partial charge in [0.25, 0.3) is 0 Å². The highest BCUT2D eigenvalue weighted by molar-refractivity contribution is 5.95. The van der Waals surface area contributed by atoms with E-state index in [0.29, 0.717) is 17.4 Å². The number of aryl methyl sites for hydroxylation is 1. The van der Waals surface area contributed by atoms with E-state index in [9.17, 15) is 9.18 Å². The zero-order valence-electron chi connectivity index (χ0n) is 14.3. The predicted octanol–water partition coefficient (Wildman–Crippen LogP) is 4.33. The molecule has 1 heterocycles. The Hall–Kier alpha value is -3.08. The minimum atomic E-state index is -0.475. The number of benzene rings is 2. The predicted molar refractivity (Wildman–Crippen MR) is 98.1 cm³/mol. The lowest BCUT2D eigenvalue weighted by molar-refractivity contribution is -0.117. The molecule has 2 atom stereocenters. The van der Waals surface area contributed by atoms with Gasteiger partial charge in [-0.2, -0.15) is 0 Å². The van der Waals surface area contributed by atoms with Crippen LogP contribution in [0.15, 0.2) is 60.9 Å². The fraction of sp³-hybridized carbons (Fsp3) is 0.190. The Morgan fingerprint density at radius 1 is 1.12 bits per heavy atom. The molecule has 26 heavy (non-hydrogen) atoms. The second-order valence-electron chi connectivity index (χ2n) is 6.60. The van der Waals surface area contributed by atoms with Crippen molar-refractivity contribution in [2.45, 2.75) is 19.3 Å². The van der Waals surface area contributed by atoms with Crippen molar-refractivity contribution in [3.63, 3.8) is 0 Å². The third kappa shape index (κ3) is 3.33. The van der Waals surface area contributed by atoms with Gasteiger partial charge < -0.3 is 5.32 Å². The number of anilines is 1. The maximum absolute atomic E-state index is 13.0. The van der Waals surface area contributed by atoms with E-state index < -0.39 is 5.82 Å². The highest BCUT2D eigenvalue weighted by Gasteiger charge is 2.43. The van der Waals surface area contributed by atoms with Gasteiger partial charge in [0.05, 0.1) is 12.4 Å². The number of hydrogen-bond acceptors (Lipinski definition) is 3. The summed E-state index contributed by atoms with van der Waals surface area (Å²) in [6.07, 6.45) is 3.15. The molecule has 1 N–H and O–H groups in total. The standard InChI is InChI=1S/C21H18FN3O/c1-13-7-8-16(9-17(13)20-23-11-15(22)12-24-20)25-21(26)19-10-18(19)14-5-3-2-4-6-14/h2-9,11-12,18-19H,10H2,1H3,(H,25,26)/t18-,19-/m1/s1. The molecule has 1 aromatic heterocycles. The fourth-order valence-electron chi connectivity index (χ4n) is 3.18. The van der Waals surface area contributed by atoms with Gasteiger partial charge >= 0.3 is 0 Å². The van der Waals surface area contributed by atoms with Crippen LogP contribution in [-0.4, -0.2) is 15.9 Å². The summed E-state index contributed by atoms with van der Waals surface area (Å²) < 4.78 is 13.0. The Kier molecular flexibility index (Phi) is 4.21. The maximum atomic E-state index is 13.0. The number of aromatic nitrogens is 2. The molecule has 0 saturated heterocycles. The Morgan fingerprint density at radius 2 is 1.85 bits per heavy atom. The second kappa shape index (κ2) is 6.67. The topological polar surface area (TPSA) is 54.9 Å². The zero-order valence-corrected chi connectivity index (χ0v) is 14.3. The van der Waals surface area contributed by atoms with Crippen molar-refractivity contribution in [1.82, 2.24) is 9.97 Å². The molecule has 0 unspecified atom stereocenters. The number of carbonyl (C=O) groups is 1. The van der Waals surface area contributed by atoms with Crippen LogP contribution >= 0.6 is 0 Å². The molecule has 0 aliphatic heterocycles. The van der Waals surface area contributed by atoms with Crippen molar-refractivity contribution in [2.24, 2.45) is 5.92 Å². The van der Waals surface area contributed by atoms with Gasteiger partial charge in [-0.3, -0.25) is 4.79 Å². The van der Waals surface area contributed by atoms with Crippen LogP contribution in [0.25, 0.3) is 11.4 Å². The van der Waals surface area contributed by atoms with Gasteiger partial charge in [0.2, 0.25) is 5.91 Å². The van der Waals surface area contributed by atoms with Crippen molar-refractivity contribution < 1.29 is 9.18 Å². The second-order valence-corrected chi connectivity index (χ2v) is 6.60. The minimum Gasteiger partial charge on any atom is -0.326 e. The van der Waals surface area contributed by atoms with E-state index in [1.165, 1.54) is 5.56 Å². The van der Waals surface area contributed by atoms with E-state index in [1.54, 1.807) is 0 Å². The first kappa shape index (κ1) is 16.4. The molecule has 4 nitrogen and oxygen atoms in total. The fourth-order valence-corrected chi connectivity index (χ4v) is 3.18. The highest BCUT2D eigenvalue weighted by Crippen LogP contribution is 2.47. The van der Waals surface area contributed by atoms with Crippen LogP contribution in [-0.2, 0) is 4.79 Å². The molecule has 4 rings (SSSR count). The van der Waals surface area contributed by atoms with Gasteiger partial charge in [-0.1, -0.05) is 36.4 Å². The molecule has 1 saturated carbocycles. The molecule has 0 radical (unpaired) electrons. The van der Waals surface area contributed by atoms with Crippen molar-refractivity contribution in [2.75, 3.05) is 5.32 Å². The van der Waals surface area contributed by atoms with E-state index >= 15 is 0 Å². The molecule has 0 bridgehead atoms.